The fraction of sp³-hybridized carbons (Fsp3) is 0.333. The summed E-state index contributed by atoms with van der Waals surface area (Å²) in [5.74, 6) is -0.364. The van der Waals surface area contributed by atoms with Crippen molar-refractivity contribution in [2.45, 2.75) is 30.3 Å². The molecule has 1 saturated heterocycles. The van der Waals surface area contributed by atoms with E-state index in [1.165, 1.54) is 24.3 Å². The number of amides is 2. The van der Waals surface area contributed by atoms with E-state index in [-0.39, 0.29) is 29.5 Å². The molecule has 1 unspecified atom stereocenters. The van der Waals surface area contributed by atoms with Gasteiger partial charge in [-0.2, -0.15) is 0 Å². The Labute approximate surface area is 181 Å². The first-order valence-electron chi connectivity index (χ1n) is 9.81. The first kappa shape index (κ1) is 22.7. The van der Waals surface area contributed by atoms with Crippen molar-refractivity contribution in [1.29, 1.82) is 0 Å². The summed E-state index contributed by atoms with van der Waals surface area (Å²) < 4.78 is 38.0. The maximum atomic E-state index is 12.5. The van der Waals surface area contributed by atoms with Crippen LogP contribution in [0.25, 0.3) is 0 Å². The van der Waals surface area contributed by atoms with E-state index in [1.54, 1.807) is 31.4 Å². The molecule has 9 nitrogen and oxygen atoms in total. The Morgan fingerprint density at radius 2 is 1.90 bits per heavy atom. The normalized spacial score (nSPS) is 16.0. The number of hydrogen-bond acceptors (Lipinski definition) is 6. The molecule has 1 heterocycles. The molecule has 2 amide bonds. The van der Waals surface area contributed by atoms with Gasteiger partial charge in [0.25, 0.3) is 5.91 Å². The zero-order valence-corrected chi connectivity index (χ0v) is 17.9. The second-order valence-electron chi connectivity index (χ2n) is 7.04. The number of carbonyl (C=O) groups excluding carboxylic acids is 2. The number of carbonyl (C=O) groups is 2. The van der Waals surface area contributed by atoms with Crippen molar-refractivity contribution in [3.05, 3.63) is 59.7 Å². The van der Waals surface area contributed by atoms with Crippen molar-refractivity contribution in [2.75, 3.05) is 20.3 Å². The van der Waals surface area contributed by atoms with Gasteiger partial charge in [-0.05, 0) is 48.7 Å². The second-order valence-corrected chi connectivity index (χ2v) is 8.81. The van der Waals surface area contributed by atoms with Crippen molar-refractivity contribution < 1.29 is 27.5 Å². The molecule has 0 aliphatic carbocycles. The fourth-order valence-corrected chi connectivity index (χ4v) is 4.18. The molecule has 2 aromatic carbocycles. The first-order chi connectivity index (χ1) is 14.9. The Morgan fingerprint density at radius 1 is 1.13 bits per heavy atom. The monoisotopic (exact) mass is 447 g/mol. The van der Waals surface area contributed by atoms with Crippen LogP contribution in [0.4, 0.5) is 0 Å². The number of rotatable bonds is 8. The molecule has 1 atom stereocenters. The van der Waals surface area contributed by atoms with Crippen LogP contribution in [0.2, 0.25) is 0 Å². The number of ether oxygens (including phenoxy) is 2. The predicted molar refractivity (Wildman–Crippen MR) is 113 cm³/mol. The summed E-state index contributed by atoms with van der Waals surface area (Å²) in [6, 6.07) is 12.6. The van der Waals surface area contributed by atoms with Crippen LogP contribution in [0.15, 0.2) is 53.4 Å². The van der Waals surface area contributed by atoms with E-state index < -0.39 is 21.8 Å². The molecule has 1 aliphatic heterocycles. The average Bonchev–Trinajstić information content (AvgIpc) is 3.30. The SMILES string of the molecule is COc1ccc(CC(=O)NNC(=O)c2cccc(S(=O)(=O)NCC3CCCO3)c2)cc1. The minimum atomic E-state index is -3.79. The maximum Gasteiger partial charge on any atom is 0.269 e. The van der Waals surface area contributed by atoms with Gasteiger partial charge in [0.2, 0.25) is 15.9 Å². The van der Waals surface area contributed by atoms with Crippen molar-refractivity contribution in [2.24, 2.45) is 0 Å². The van der Waals surface area contributed by atoms with Gasteiger partial charge in [0.15, 0.2) is 0 Å². The van der Waals surface area contributed by atoms with E-state index in [1.807, 2.05) is 0 Å². The summed E-state index contributed by atoms with van der Waals surface area (Å²) >= 11 is 0. The molecule has 2 aromatic rings. The molecule has 31 heavy (non-hydrogen) atoms. The third kappa shape index (κ3) is 6.51. The van der Waals surface area contributed by atoms with E-state index in [0.29, 0.717) is 12.4 Å². The summed E-state index contributed by atoms with van der Waals surface area (Å²) in [6.07, 6.45) is 1.64. The topological polar surface area (TPSA) is 123 Å². The molecular formula is C21H25N3O6S. The number of benzene rings is 2. The lowest BCUT2D eigenvalue weighted by molar-refractivity contribution is -0.121. The van der Waals surface area contributed by atoms with Crippen LogP contribution in [0, 0.1) is 0 Å². The number of methoxy groups -OCH3 is 1. The van der Waals surface area contributed by atoms with E-state index >= 15 is 0 Å². The van der Waals surface area contributed by atoms with Crippen LogP contribution in [0.1, 0.15) is 28.8 Å². The molecule has 10 heteroatoms. The van der Waals surface area contributed by atoms with Gasteiger partial charge in [-0.3, -0.25) is 20.4 Å². The number of nitrogens with one attached hydrogen (secondary N) is 3. The molecule has 0 radical (unpaired) electrons. The predicted octanol–water partition coefficient (Wildman–Crippen LogP) is 1.16. The van der Waals surface area contributed by atoms with Crippen LogP contribution in [0.5, 0.6) is 5.75 Å². The highest BCUT2D eigenvalue weighted by Gasteiger charge is 2.21. The van der Waals surface area contributed by atoms with Gasteiger partial charge >= 0.3 is 0 Å². The van der Waals surface area contributed by atoms with E-state index in [9.17, 15) is 18.0 Å². The lowest BCUT2D eigenvalue weighted by Gasteiger charge is -2.12. The molecule has 0 spiro atoms. The Morgan fingerprint density at radius 3 is 2.58 bits per heavy atom. The summed E-state index contributed by atoms with van der Waals surface area (Å²) in [5.41, 5.74) is 5.48. The van der Waals surface area contributed by atoms with Crippen molar-refractivity contribution in [1.82, 2.24) is 15.6 Å². The molecule has 1 fully saturated rings. The highest BCUT2D eigenvalue weighted by molar-refractivity contribution is 7.89. The van der Waals surface area contributed by atoms with Gasteiger partial charge in [0, 0.05) is 18.7 Å². The molecule has 0 aromatic heterocycles. The van der Waals surface area contributed by atoms with Crippen LogP contribution in [-0.2, 0) is 26.0 Å². The van der Waals surface area contributed by atoms with Crippen molar-refractivity contribution >= 4 is 21.8 Å². The van der Waals surface area contributed by atoms with Gasteiger partial charge < -0.3 is 9.47 Å². The van der Waals surface area contributed by atoms with Gasteiger partial charge in [-0.25, -0.2) is 13.1 Å². The largest absolute Gasteiger partial charge is 0.497 e. The van der Waals surface area contributed by atoms with Gasteiger partial charge in [0.1, 0.15) is 5.75 Å². The molecule has 166 valence electrons. The Hall–Kier alpha value is -2.95. The molecule has 3 rings (SSSR count). The molecule has 0 bridgehead atoms. The third-order valence-electron chi connectivity index (χ3n) is 4.77. The minimum Gasteiger partial charge on any atom is -0.497 e. The first-order valence-corrected chi connectivity index (χ1v) is 11.3. The third-order valence-corrected chi connectivity index (χ3v) is 6.19. The van der Waals surface area contributed by atoms with E-state index in [2.05, 4.69) is 15.6 Å². The molecular weight excluding hydrogens is 422 g/mol. The van der Waals surface area contributed by atoms with E-state index in [0.717, 1.165) is 18.4 Å². The van der Waals surface area contributed by atoms with Gasteiger partial charge in [-0.15, -0.1) is 0 Å². The van der Waals surface area contributed by atoms with Crippen LogP contribution >= 0.6 is 0 Å². The second kappa shape index (κ2) is 10.4. The lowest BCUT2D eigenvalue weighted by Crippen LogP contribution is -2.42. The van der Waals surface area contributed by atoms with Gasteiger partial charge in [0.05, 0.1) is 24.5 Å². The summed E-state index contributed by atoms with van der Waals surface area (Å²) in [5, 5.41) is 0. The highest BCUT2D eigenvalue weighted by Crippen LogP contribution is 2.15. The van der Waals surface area contributed by atoms with Gasteiger partial charge in [-0.1, -0.05) is 18.2 Å². The quantitative estimate of drug-likeness (QED) is 0.522. The van der Waals surface area contributed by atoms with E-state index in [4.69, 9.17) is 9.47 Å². The zero-order chi connectivity index (χ0) is 22.3. The number of hydrazine groups is 1. The minimum absolute atomic E-state index is 0.0392. The maximum absolute atomic E-state index is 12.5. The van der Waals surface area contributed by atoms with Crippen LogP contribution in [-0.4, -0.2) is 46.6 Å². The number of sulfonamides is 1. The highest BCUT2D eigenvalue weighted by atomic mass is 32.2. The summed E-state index contributed by atoms with van der Waals surface area (Å²) in [6.45, 7) is 0.812. The Kier molecular flexibility index (Phi) is 7.61. The average molecular weight is 448 g/mol. The number of hydrogen-bond donors (Lipinski definition) is 3. The Bertz CT molecular complexity index is 1020. The van der Waals surface area contributed by atoms with Crippen molar-refractivity contribution in [3.8, 4) is 5.75 Å². The fourth-order valence-electron chi connectivity index (χ4n) is 3.07. The molecule has 0 saturated carbocycles. The van der Waals surface area contributed by atoms with Crippen LogP contribution < -0.4 is 20.3 Å². The zero-order valence-electron chi connectivity index (χ0n) is 17.1. The Balaban J connectivity index is 1.54. The lowest BCUT2D eigenvalue weighted by atomic mass is 10.1. The van der Waals surface area contributed by atoms with Crippen LogP contribution in [0.3, 0.4) is 0 Å². The molecule has 3 N–H and O–H groups in total. The summed E-state index contributed by atoms with van der Waals surface area (Å²) in [7, 11) is -2.24. The van der Waals surface area contributed by atoms with Crippen molar-refractivity contribution in [3.63, 3.8) is 0 Å². The summed E-state index contributed by atoms with van der Waals surface area (Å²) in [4.78, 5) is 24.4. The smallest absolute Gasteiger partial charge is 0.269 e. The molecule has 1 aliphatic rings. The standard InChI is InChI=1S/C21H25N3O6S/c1-29-17-9-7-15(8-10-17)12-20(25)23-24-21(26)16-4-2-6-19(13-16)31(27,28)22-14-18-5-3-11-30-18/h2,4,6-10,13,18,22H,3,5,11-12,14H2,1H3,(H,23,25)(H,24,26).